The van der Waals surface area contributed by atoms with Crippen molar-refractivity contribution in [3.63, 3.8) is 0 Å². The topological polar surface area (TPSA) is 41.1 Å². The molecule has 0 bridgehead atoms. The lowest BCUT2D eigenvalue weighted by atomic mass is 10.0. The first-order chi connectivity index (χ1) is 10.3. The monoisotopic (exact) mass is 288 g/mol. The SMILES string of the molecule is CCCCc1ccc(CC(=O)NCCC2CCNC2)cc1. The maximum Gasteiger partial charge on any atom is 0.224 e. The van der Waals surface area contributed by atoms with Crippen molar-refractivity contribution in [3.05, 3.63) is 35.4 Å². The quantitative estimate of drug-likeness (QED) is 0.772. The lowest BCUT2D eigenvalue weighted by molar-refractivity contribution is -0.120. The molecule has 1 aliphatic heterocycles. The molecule has 1 unspecified atom stereocenters. The Bertz CT molecular complexity index is 421. The van der Waals surface area contributed by atoms with E-state index in [0.29, 0.717) is 6.42 Å². The van der Waals surface area contributed by atoms with Crippen LogP contribution in [0.25, 0.3) is 0 Å². The smallest absolute Gasteiger partial charge is 0.224 e. The van der Waals surface area contributed by atoms with Crippen molar-refractivity contribution in [3.8, 4) is 0 Å². The first kappa shape index (κ1) is 16.0. The van der Waals surface area contributed by atoms with Crippen LogP contribution in [0.1, 0.15) is 43.7 Å². The predicted molar refractivity (Wildman–Crippen MR) is 87.4 cm³/mol. The van der Waals surface area contributed by atoms with Crippen molar-refractivity contribution in [2.45, 2.75) is 45.4 Å². The number of aryl methyl sites for hydroxylation is 1. The fourth-order valence-corrected chi connectivity index (χ4v) is 2.83. The van der Waals surface area contributed by atoms with Crippen LogP contribution in [0.15, 0.2) is 24.3 Å². The van der Waals surface area contributed by atoms with Gasteiger partial charge in [0.25, 0.3) is 0 Å². The number of carbonyl (C=O) groups excluding carboxylic acids is 1. The zero-order valence-electron chi connectivity index (χ0n) is 13.2. The van der Waals surface area contributed by atoms with E-state index in [4.69, 9.17) is 0 Å². The van der Waals surface area contributed by atoms with E-state index in [-0.39, 0.29) is 5.91 Å². The fourth-order valence-electron chi connectivity index (χ4n) is 2.83. The molecule has 0 aromatic heterocycles. The number of rotatable bonds is 8. The number of hydrogen-bond donors (Lipinski definition) is 2. The lowest BCUT2D eigenvalue weighted by Gasteiger charge is -2.09. The molecule has 1 atom stereocenters. The Morgan fingerprint density at radius 2 is 2.05 bits per heavy atom. The summed E-state index contributed by atoms with van der Waals surface area (Å²) in [4.78, 5) is 11.9. The average Bonchev–Trinajstić information content (AvgIpc) is 3.00. The number of hydrogen-bond acceptors (Lipinski definition) is 2. The van der Waals surface area contributed by atoms with Crippen LogP contribution < -0.4 is 10.6 Å². The summed E-state index contributed by atoms with van der Waals surface area (Å²) < 4.78 is 0. The number of carbonyl (C=O) groups is 1. The molecular formula is C18H28N2O. The van der Waals surface area contributed by atoms with E-state index < -0.39 is 0 Å². The van der Waals surface area contributed by atoms with Crippen molar-refractivity contribution >= 4 is 5.91 Å². The third kappa shape index (κ3) is 5.88. The summed E-state index contributed by atoms with van der Waals surface area (Å²) in [6.07, 6.45) is 6.43. The number of unbranched alkanes of at least 4 members (excludes halogenated alkanes) is 1. The molecule has 3 nitrogen and oxygen atoms in total. The summed E-state index contributed by atoms with van der Waals surface area (Å²) in [5.41, 5.74) is 2.48. The van der Waals surface area contributed by atoms with Gasteiger partial charge in [-0.25, -0.2) is 0 Å². The summed E-state index contributed by atoms with van der Waals surface area (Å²) in [5, 5.41) is 6.40. The van der Waals surface area contributed by atoms with E-state index >= 15 is 0 Å². The summed E-state index contributed by atoms with van der Waals surface area (Å²) in [7, 11) is 0. The highest BCUT2D eigenvalue weighted by Crippen LogP contribution is 2.11. The second kappa shape index (κ2) is 8.83. The Balaban J connectivity index is 1.66. The number of amides is 1. The van der Waals surface area contributed by atoms with Gasteiger partial charge >= 0.3 is 0 Å². The molecule has 1 saturated heterocycles. The minimum Gasteiger partial charge on any atom is -0.356 e. The predicted octanol–water partition coefficient (Wildman–Crippen LogP) is 2.69. The first-order valence-electron chi connectivity index (χ1n) is 8.33. The maximum absolute atomic E-state index is 11.9. The van der Waals surface area contributed by atoms with Crippen molar-refractivity contribution in [1.29, 1.82) is 0 Å². The van der Waals surface area contributed by atoms with Gasteiger partial charge in [0.15, 0.2) is 0 Å². The highest BCUT2D eigenvalue weighted by molar-refractivity contribution is 5.78. The van der Waals surface area contributed by atoms with Crippen molar-refractivity contribution < 1.29 is 4.79 Å². The average molecular weight is 288 g/mol. The first-order valence-corrected chi connectivity index (χ1v) is 8.33. The summed E-state index contributed by atoms with van der Waals surface area (Å²) in [6.45, 7) is 5.25. The zero-order chi connectivity index (χ0) is 14.9. The molecule has 1 aromatic carbocycles. The lowest BCUT2D eigenvalue weighted by Crippen LogP contribution is -2.27. The Labute approximate surface area is 128 Å². The van der Waals surface area contributed by atoms with Gasteiger partial charge in [-0.1, -0.05) is 37.6 Å². The summed E-state index contributed by atoms with van der Waals surface area (Å²) in [5.74, 6) is 0.880. The second-order valence-electron chi connectivity index (χ2n) is 6.09. The van der Waals surface area contributed by atoms with E-state index in [1.807, 2.05) is 0 Å². The van der Waals surface area contributed by atoms with E-state index in [2.05, 4.69) is 41.8 Å². The highest BCUT2D eigenvalue weighted by atomic mass is 16.1. The summed E-state index contributed by atoms with van der Waals surface area (Å²) >= 11 is 0. The maximum atomic E-state index is 11.9. The molecule has 0 saturated carbocycles. The molecule has 3 heteroatoms. The van der Waals surface area contributed by atoms with Crippen LogP contribution in [0.3, 0.4) is 0 Å². The van der Waals surface area contributed by atoms with Gasteiger partial charge < -0.3 is 10.6 Å². The molecular weight excluding hydrogens is 260 g/mol. The van der Waals surface area contributed by atoms with Crippen LogP contribution in [0.4, 0.5) is 0 Å². The van der Waals surface area contributed by atoms with Gasteiger partial charge in [0, 0.05) is 6.54 Å². The molecule has 21 heavy (non-hydrogen) atoms. The molecule has 1 heterocycles. The van der Waals surface area contributed by atoms with E-state index in [0.717, 1.165) is 44.0 Å². The number of benzene rings is 1. The third-order valence-corrected chi connectivity index (χ3v) is 4.24. The molecule has 2 N–H and O–H groups in total. The largest absolute Gasteiger partial charge is 0.356 e. The van der Waals surface area contributed by atoms with E-state index in [1.165, 1.54) is 24.8 Å². The van der Waals surface area contributed by atoms with Crippen LogP contribution in [0, 0.1) is 5.92 Å². The van der Waals surface area contributed by atoms with Crippen LogP contribution in [0.2, 0.25) is 0 Å². The van der Waals surface area contributed by atoms with Gasteiger partial charge in [-0.2, -0.15) is 0 Å². The van der Waals surface area contributed by atoms with Crippen LogP contribution in [-0.4, -0.2) is 25.5 Å². The molecule has 0 aliphatic carbocycles. The number of nitrogens with one attached hydrogen (secondary N) is 2. The molecule has 1 aromatic rings. The minimum absolute atomic E-state index is 0.141. The van der Waals surface area contributed by atoms with Crippen molar-refractivity contribution in [2.75, 3.05) is 19.6 Å². The van der Waals surface area contributed by atoms with E-state index in [9.17, 15) is 4.79 Å². The standard InChI is InChI=1S/C18H28N2O/c1-2-3-4-15-5-7-16(8-6-15)13-18(21)20-12-10-17-9-11-19-14-17/h5-8,17,19H,2-4,9-14H2,1H3,(H,20,21). The minimum atomic E-state index is 0.141. The van der Waals surface area contributed by atoms with Gasteiger partial charge in [-0.3, -0.25) is 4.79 Å². The molecule has 1 fully saturated rings. The molecule has 1 aliphatic rings. The van der Waals surface area contributed by atoms with Crippen LogP contribution in [-0.2, 0) is 17.6 Å². The molecule has 0 spiro atoms. The normalized spacial score (nSPS) is 17.9. The Hall–Kier alpha value is -1.35. The molecule has 116 valence electrons. The molecule has 2 rings (SSSR count). The van der Waals surface area contributed by atoms with Gasteiger partial charge in [0.2, 0.25) is 5.91 Å². The Morgan fingerprint density at radius 3 is 2.71 bits per heavy atom. The summed E-state index contributed by atoms with van der Waals surface area (Å²) in [6, 6.07) is 8.49. The second-order valence-corrected chi connectivity index (χ2v) is 6.09. The third-order valence-electron chi connectivity index (χ3n) is 4.24. The van der Waals surface area contributed by atoms with Gasteiger partial charge in [0.1, 0.15) is 0 Å². The zero-order valence-corrected chi connectivity index (χ0v) is 13.2. The Kier molecular flexibility index (Phi) is 6.74. The fraction of sp³-hybridized carbons (Fsp3) is 0.611. The molecule has 1 amide bonds. The van der Waals surface area contributed by atoms with E-state index in [1.54, 1.807) is 0 Å². The Morgan fingerprint density at radius 1 is 1.29 bits per heavy atom. The molecule has 0 radical (unpaired) electrons. The van der Waals surface area contributed by atoms with Crippen LogP contribution in [0.5, 0.6) is 0 Å². The van der Waals surface area contributed by atoms with Gasteiger partial charge in [-0.05, 0) is 55.8 Å². The van der Waals surface area contributed by atoms with Crippen molar-refractivity contribution in [1.82, 2.24) is 10.6 Å². The van der Waals surface area contributed by atoms with Gasteiger partial charge in [0.05, 0.1) is 6.42 Å². The van der Waals surface area contributed by atoms with Crippen molar-refractivity contribution in [2.24, 2.45) is 5.92 Å². The van der Waals surface area contributed by atoms with Crippen LogP contribution >= 0.6 is 0 Å². The van der Waals surface area contributed by atoms with Gasteiger partial charge in [-0.15, -0.1) is 0 Å². The highest BCUT2D eigenvalue weighted by Gasteiger charge is 2.14.